The highest BCUT2D eigenvalue weighted by Gasteiger charge is 2.17. The lowest BCUT2D eigenvalue weighted by Gasteiger charge is -2.06. The van der Waals surface area contributed by atoms with Gasteiger partial charge in [0.2, 0.25) is 0 Å². The Kier molecular flexibility index (Phi) is 5.18. The second kappa shape index (κ2) is 6.75. The fourth-order valence-corrected chi connectivity index (χ4v) is 3.27. The van der Waals surface area contributed by atoms with Gasteiger partial charge in [0.25, 0.3) is 10.0 Å². The molecular formula is C13H9Cl3N2O3S. The Hall–Kier alpha value is -1.47. The SMILES string of the molecule is O=S(=O)(N/N=C\c1cc(O)ccc1Cl)c1ccc(Cl)cc1Cl. The Labute approximate surface area is 142 Å². The zero-order valence-electron chi connectivity index (χ0n) is 10.8. The highest BCUT2D eigenvalue weighted by molar-refractivity contribution is 7.89. The van der Waals surface area contributed by atoms with Crippen LogP contribution in [-0.2, 0) is 10.0 Å². The van der Waals surface area contributed by atoms with Crippen molar-refractivity contribution in [2.75, 3.05) is 0 Å². The van der Waals surface area contributed by atoms with E-state index in [0.29, 0.717) is 15.6 Å². The van der Waals surface area contributed by atoms with Gasteiger partial charge in [-0.05, 0) is 36.4 Å². The van der Waals surface area contributed by atoms with Crippen molar-refractivity contribution < 1.29 is 13.5 Å². The third-order valence-corrected chi connectivity index (χ3v) is 4.82. The average Bonchev–Trinajstić information content (AvgIpc) is 2.42. The Morgan fingerprint density at radius 2 is 1.77 bits per heavy atom. The van der Waals surface area contributed by atoms with Gasteiger partial charge in [0.05, 0.1) is 11.2 Å². The minimum Gasteiger partial charge on any atom is -0.508 e. The highest BCUT2D eigenvalue weighted by Crippen LogP contribution is 2.25. The summed E-state index contributed by atoms with van der Waals surface area (Å²) in [5.74, 6) is -0.0190. The lowest BCUT2D eigenvalue weighted by molar-refractivity contribution is 0.475. The molecule has 0 heterocycles. The lowest BCUT2D eigenvalue weighted by Crippen LogP contribution is -2.18. The van der Waals surface area contributed by atoms with Crippen molar-refractivity contribution in [3.05, 3.63) is 57.0 Å². The van der Waals surface area contributed by atoms with Crippen molar-refractivity contribution in [3.8, 4) is 5.75 Å². The largest absolute Gasteiger partial charge is 0.508 e. The number of hydrogen-bond acceptors (Lipinski definition) is 4. The number of aromatic hydroxyl groups is 1. The molecule has 9 heteroatoms. The lowest BCUT2D eigenvalue weighted by atomic mass is 10.2. The van der Waals surface area contributed by atoms with Crippen LogP contribution < -0.4 is 4.83 Å². The van der Waals surface area contributed by atoms with Gasteiger partial charge in [0.15, 0.2) is 0 Å². The molecule has 0 aliphatic carbocycles. The predicted molar refractivity (Wildman–Crippen MR) is 87.5 cm³/mol. The Bertz CT molecular complexity index is 838. The molecule has 0 unspecified atom stereocenters. The van der Waals surface area contributed by atoms with Crippen molar-refractivity contribution in [3.63, 3.8) is 0 Å². The van der Waals surface area contributed by atoms with E-state index in [0.717, 1.165) is 0 Å². The predicted octanol–water partition coefficient (Wildman–Crippen LogP) is 3.66. The molecule has 0 atom stereocenters. The molecule has 2 aromatic carbocycles. The first-order valence-electron chi connectivity index (χ1n) is 5.78. The number of hydrazone groups is 1. The van der Waals surface area contributed by atoms with E-state index < -0.39 is 10.0 Å². The van der Waals surface area contributed by atoms with Crippen LogP contribution in [0, 0.1) is 0 Å². The average molecular weight is 380 g/mol. The van der Waals surface area contributed by atoms with Gasteiger partial charge in [-0.15, -0.1) is 0 Å². The number of halogens is 3. The first-order valence-corrected chi connectivity index (χ1v) is 8.40. The van der Waals surface area contributed by atoms with Crippen molar-refractivity contribution >= 4 is 51.0 Å². The van der Waals surface area contributed by atoms with Crippen LogP contribution in [-0.4, -0.2) is 19.7 Å². The van der Waals surface area contributed by atoms with Gasteiger partial charge in [-0.2, -0.15) is 13.5 Å². The molecule has 0 spiro atoms. The van der Waals surface area contributed by atoms with Crippen LogP contribution in [0.4, 0.5) is 0 Å². The van der Waals surface area contributed by atoms with Crippen molar-refractivity contribution in [2.45, 2.75) is 4.90 Å². The third-order valence-electron chi connectivity index (χ3n) is 2.54. The number of hydrogen-bond donors (Lipinski definition) is 2. The molecule has 116 valence electrons. The van der Waals surface area contributed by atoms with E-state index in [9.17, 15) is 13.5 Å². The first kappa shape index (κ1) is 16.9. The topological polar surface area (TPSA) is 78.8 Å². The molecule has 0 saturated heterocycles. The number of sulfonamides is 1. The molecule has 0 fully saturated rings. The van der Waals surface area contributed by atoms with Gasteiger partial charge in [-0.25, -0.2) is 4.83 Å². The quantitative estimate of drug-likeness (QED) is 0.628. The fourth-order valence-electron chi connectivity index (χ4n) is 1.54. The number of benzene rings is 2. The Balaban J connectivity index is 2.22. The highest BCUT2D eigenvalue weighted by atomic mass is 35.5. The van der Waals surface area contributed by atoms with Crippen molar-refractivity contribution in [2.24, 2.45) is 5.10 Å². The molecule has 5 nitrogen and oxygen atoms in total. The molecule has 0 radical (unpaired) electrons. The van der Waals surface area contributed by atoms with Crippen LogP contribution in [0.2, 0.25) is 15.1 Å². The molecule has 0 bridgehead atoms. The first-order chi connectivity index (χ1) is 10.3. The summed E-state index contributed by atoms with van der Waals surface area (Å²) < 4.78 is 24.1. The summed E-state index contributed by atoms with van der Waals surface area (Å²) in [5, 5.41) is 13.6. The molecule has 0 aliphatic heterocycles. The molecule has 0 aromatic heterocycles. The molecule has 2 N–H and O–H groups in total. The standard InChI is InChI=1S/C13H9Cl3N2O3S/c14-9-1-4-13(12(16)6-9)22(20,21)18-17-7-8-5-10(19)2-3-11(8)15/h1-7,18-19H/b17-7-. The second-order valence-corrected chi connectivity index (χ2v) is 7.01. The number of phenols is 1. The van der Waals surface area contributed by atoms with E-state index in [-0.39, 0.29) is 15.7 Å². The summed E-state index contributed by atoms with van der Waals surface area (Å²) in [7, 11) is -3.94. The van der Waals surface area contributed by atoms with Crippen LogP contribution in [0.3, 0.4) is 0 Å². The van der Waals surface area contributed by atoms with Gasteiger partial charge in [0.1, 0.15) is 10.6 Å². The summed E-state index contributed by atoms with van der Waals surface area (Å²) in [6.07, 6.45) is 1.17. The number of phenolic OH excluding ortho intramolecular Hbond substituents is 1. The van der Waals surface area contributed by atoms with E-state index in [2.05, 4.69) is 5.10 Å². The molecule has 22 heavy (non-hydrogen) atoms. The van der Waals surface area contributed by atoms with E-state index in [1.807, 2.05) is 4.83 Å². The maximum Gasteiger partial charge on any atom is 0.278 e. The zero-order chi connectivity index (χ0) is 16.3. The minimum absolute atomic E-state index is 0.0190. The monoisotopic (exact) mass is 378 g/mol. The molecule has 0 aliphatic rings. The summed E-state index contributed by atoms with van der Waals surface area (Å²) in [6.45, 7) is 0. The van der Waals surface area contributed by atoms with Crippen LogP contribution in [0.1, 0.15) is 5.56 Å². The maximum absolute atomic E-state index is 12.1. The Morgan fingerprint density at radius 1 is 1.05 bits per heavy atom. The van der Waals surface area contributed by atoms with Crippen molar-refractivity contribution in [1.29, 1.82) is 0 Å². The van der Waals surface area contributed by atoms with Gasteiger partial charge in [-0.3, -0.25) is 0 Å². The maximum atomic E-state index is 12.1. The smallest absolute Gasteiger partial charge is 0.278 e. The van der Waals surface area contributed by atoms with E-state index in [4.69, 9.17) is 34.8 Å². The van der Waals surface area contributed by atoms with Crippen LogP contribution in [0.25, 0.3) is 0 Å². The summed E-state index contributed by atoms with van der Waals surface area (Å²) in [4.78, 5) is 1.85. The summed E-state index contributed by atoms with van der Waals surface area (Å²) >= 11 is 17.5. The van der Waals surface area contributed by atoms with Gasteiger partial charge in [0, 0.05) is 15.6 Å². The normalized spacial score (nSPS) is 11.8. The molecule has 2 aromatic rings. The number of nitrogens with zero attached hydrogens (tertiary/aromatic N) is 1. The van der Waals surface area contributed by atoms with Crippen LogP contribution in [0.5, 0.6) is 5.75 Å². The van der Waals surface area contributed by atoms with E-state index >= 15 is 0 Å². The molecule has 0 saturated carbocycles. The second-order valence-electron chi connectivity index (χ2n) is 4.13. The van der Waals surface area contributed by atoms with E-state index in [1.165, 1.54) is 42.6 Å². The van der Waals surface area contributed by atoms with Gasteiger partial charge in [-0.1, -0.05) is 34.8 Å². The van der Waals surface area contributed by atoms with Gasteiger partial charge >= 0.3 is 0 Å². The summed E-state index contributed by atoms with van der Waals surface area (Å²) in [5.41, 5.74) is 0.353. The van der Waals surface area contributed by atoms with E-state index in [1.54, 1.807) is 0 Å². The summed E-state index contributed by atoms with van der Waals surface area (Å²) in [6, 6.07) is 8.19. The fraction of sp³-hybridized carbons (Fsp3) is 0. The van der Waals surface area contributed by atoms with Crippen LogP contribution in [0.15, 0.2) is 46.4 Å². The number of rotatable bonds is 4. The number of nitrogens with one attached hydrogen (secondary N) is 1. The molecule has 2 rings (SSSR count). The molecular weight excluding hydrogens is 371 g/mol. The Morgan fingerprint density at radius 3 is 2.45 bits per heavy atom. The third kappa shape index (κ3) is 4.04. The van der Waals surface area contributed by atoms with Gasteiger partial charge < -0.3 is 5.11 Å². The molecule has 0 amide bonds. The van der Waals surface area contributed by atoms with Crippen molar-refractivity contribution in [1.82, 2.24) is 4.83 Å². The van der Waals surface area contributed by atoms with Crippen LogP contribution >= 0.6 is 34.8 Å². The zero-order valence-corrected chi connectivity index (χ0v) is 13.9. The minimum atomic E-state index is -3.94.